The van der Waals surface area contributed by atoms with E-state index in [-0.39, 0.29) is 51.4 Å². The number of aliphatic hydroxyl groups is 1. The third-order valence-electron chi connectivity index (χ3n) is 6.00. The van der Waals surface area contributed by atoms with E-state index in [9.17, 15) is 18.1 Å². The first kappa shape index (κ1) is 33.7. The van der Waals surface area contributed by atoms with Crippen LogP contribution in [0.25, 0.3) is 0 Å². The molecular weight excluding hydrogens is 423 g/mol. The van der Waals surface area contributed by atoms with Crippen molar-refractivity contribution in [1.82, 2.24) is 0 Å². The predicted molar refractivity (Wildman–Crippen MR) is 123 cm³/mol. The van der Waals surface area contributed by atoms with Gasteiger partial charge in [0.2, 0.25) is 0 Å². The smallest absolute Gasteiger partial charge is 0.748 e. The molecule has 0 rings (SSSR count). The number of unbranched alkanes of at least 4 members (excludes halogenated alkanes) is 16. The van der Waals surface area contributed by atoms with Crippen LogP contribution >= 0.6 is 0 Å². The van der Waals surface area contributed by atoms with E-state index in [2.05, 4.69) is 13.8 Å². The normalized spacial score (nSPS) is 13.7. The van der Waals surface area contributed by atoms with Crippen molar-refractivity contribution in [3.63, 3.8) is 0 Å². The van der Waals surface area contributed by atoms with Crippen LogP contribution in [0.15, 0.2) is 0 Å². The molecule has 6 heteroatoms. The van der Waals surface area contributed by atoms with Gasteiger partial charge in [-0.2, -0.15) is 0 Å². The first-order chi connectivity index (χ1) is 13.9. The summed E-state index contributed by atoms with van der Waals surface area (Å²) in [5.41, 5.74) is 0. The zero-order chi connectivity index (χ0) is 21.8. The van der Waals surface area contributed by atoms with Crippen molar-refractivity contribution in [2.24, 2.45) is 0 Å². The minimum atomic E-state index is -4.43. The molecular formula is C24H49KO4S. The number of hydrogen-bond acceptors (Lipinski definition) is 4. The summed E-state index contributed by atoms with van der Waals surface area (Å²) in [5, 5.41) is 9.16. The molecule has 0 aliphatic rings. The van der Waals surface area contributed by atoms with E-state index in [1.54, 1.807) is 0 Å². The maximum absolute atomic E-state index is 11.6. The van der Waals surface area contributed by atoms with Gasteiger partial charge in [0.25, 0.3) is 0 Å². The Morgan fingerprint density at radius 3 is 1.23 bits per heavy atom. The Morgan fingerprint density at radius 1 is 0.600 bits per heavy atom. The third kappa shape index (κ3) is 21.4. The third-order valence-corrected chi connectivity index (χ3v) is 7.29. The summed E-state index contributed by atoms with van der Waals surface area (Å²) in [6.07, 6.45) is 20.7. The fourth-order valence-corrected chi connectivity index (χ4v) is 5.01. The summed E-state index contributed by atoms with van der Waals surface area (Å²) in [7, 11) is -4.43. The van der Waals surface area contributed by atoms with Gasteiger partial charge in [-0.1, -0.05) is 129 Å². The van der Waals surface area contributed by atoms with Crippen molar-refractivity contribution in [2.45, 2.75) is 154 Å². The summed E-state index contributed by atoms with van der Waals surface area (Å²) in [4.78, 5) is 0. The van der Waals surface area contributed by atoms with Gasteiger partial charge in [-0.05, 0) is 12.8 Å². The Balaban J connectivity index is 0. The van der Waals surface area contributed by atoms with Crippen molar-refractivity contribution in [2.75, 3.05) is 0 Å². The molecule has 2 atom stereocenters. The van der Waals surface area contributed by atoms with Gasteiger partial charge in [0, 0.05) is 0 Å². The maximum atomic E-state index is 11.6. The molecule has 0 radical (unpaired) electrons. The second-order valence-corrected chi connectivity index (χ2v) is 10.4. The standard InChI is InChI=1S/C24H50O4S.K/c1-3-5-7-9-11-13-14-15-17-19-21-23(25)24(29(26,27)28)22-20-18-16-12-10-8-6-4-2;/h23-25H,3-22H2,1-2H3,(H,26,27,28);/q;+1/p-1. The van der Waals surface area contributed by atoms with E-state index in [1.165, 1.54) is 77.0 Å². The molecule has 0 aromatic heterocycles. The molecule has 0 aromatic rings. The van der Waals surface area contributed by atoms with Crippen molar-refractivity contribution < 1.29 is 69.5 Å². The summed E-state index contributed by atoms with van der Waals surface area (Å²) in [6.45, 7) is 4.43. The Hall–Kier alpha value is 1.51. The molecule has 0 heterocycles. The zero-order valence-corrected chi connectivity index (χ0v) is 24.3. The van der Waals surface area contributed by atoms with Gasteiger partial charge in [-0.3, -0.25) is 0 Å². The van der Waals surface area contributed by atoms with Crippen LogP contribution in [-0.4, -0.2) is 29.4 Å². The van der Waals surface area contributed by atoms with Gasteiger partial charge in [0.05, 0.1) is 11.4 Å². The molecule has 0 saturated carbocycles. The van der Waals surface area contributed by atoms with Gasteiger partial charge in [-0.15, -0.1) is 0 Å². The van der Waals surface area contributed by atoms with Crippen LogP contribution in [0.4, 0.5) is 0 Å². The second kappa shape index (κ2) is 23.7. The van der Waals surface area contributed by atoms with Gasteiger partial charge >= 0.3 is 51.4 Å². The predicted octanol–water partition coefficient (Wildman–Crippen LogP) is 4.11. The van der Waals surface area contributed by atoms with E-state index >= 15 is 0 Å². The Morgan fingerprint density at radius 2 is 0.900 bits per heavy atom. The topological polar surface area (TPSA) is 77.4 Å². The van der Waals surface area contributed by atoms with Crippen LogP contribution in [0.2, 0.25) is 0 Å². The van der Waals surface area contributed by atoms with Crippen molar-refractivity contribution >= 4 is 10.1 Å². The van der Waals surface area contributed by atoms with E-state index in [0.717, 1.165) is 38.5 Å². The summed E-state index contributed by atoms with van der Waals surface area (Å²) in [6, 6.07) is 0. The number of aliphatic hydroxyl groups excluding tert-OH is 1. The Bertz CT molecular complexity index is 442. The summed E-state index contributed by atoms with van der Waals surface area (Å²) < 4.78 is 34.7. The molecule has 0 spiro atoms. The zero-order valence-electron chi connectivity index (χ0n) is 20.4. The van der Waals surface area contributed by atoms with E-state index < -0.39 is 21.5 Å². The molecule has 4 nitrogen and oxygen atoms in total. The molecule has 1 N–H and O–H groups in total. The van der Waals surface area contributed by atoms with Gasteiger partial charge in [-0.25, -0.2) is 8.42 Å². The SMILES string of the molecule is CCCCCCCCCCCCC(O)C(CCCCCCCCCC)S(=O)(=O)[O-].[K+]. The fraction of sp³-hybridized carbons (Fsp3) is 1.00. The van der Waals surface area contributed by atoms with Crippen LogP contribution < -0.4 is 51.4 Å². The van der Waals surface area contributed by atoms with Gasteiger partial charge in [0.1, 0.15) is 10.1 Å². The molecule has 176 valence electrons. The van der Waals surface area contributed by atoms with Crippen molar-refractivity contribution in [3.05, 3.63) is 0 Å². The molecule has 0 amide bonds. The number of rotatable bonds is 22. The minimum Gasteiger partial charge on any atom is -0.748 e. The van der Waals surface area contributed by atoms with E-state index in [4.69, 9.17) is 0 Å². The molecule has 0 aromatic carbocycles. The van der Waals surface area contributed by atoms with Crippen LogP contribution in [-0.2, 0) is 10.1 Å². The number of hydrogen-bond donors (Lipinski definition) is 1. The molecule has 0 aliphatic heterocycles. The van der Waals surface area contributed by atoms with Crippen LogP contribution in [0.3, 0.4) is 0 Å². The molecule has 0 aliphatic carbocycles. The largest absolute Gasteiger partial charge is 1.00 e. The average Bonchev–Trinajstić information content (AvgIpc) is 2.67. The molecule has 2 unspecified atom stereocenters. The molecule has 0 bridgehead atoms. The first-order valence-corrected chi connectivity index (χ1v) is 14.0. The van der Waals surface area contributed by atoms with E-state index in [1.807, 2.05) is 0 Å². The fourth-order valence-electron chi connectivity index (χ4n) is 4.04. The molecule has 0 fully saturated rings. The summed E-state index contributed by atoms with van der Waals surface area (Å²) >= 11 is 0. The quantitative estimate of drug-likeness (QED) is 0.146. The monoisotopic (exact) mass is 472 g/mol. The Labute approximate surface area is 230 Å². The maximum Gasteiger partial charge on any atom is 1.00 e. The van der Waals surface area contributed by atoms with Gasteiger partial charge in [0.15, 0.2) is 0 Å². The van der Waals surface area contributed by atoms with Gasteiger partial charge < -0.3 is 9.66 Å². The van der Waals surface area contributed by atoms with Crippen molar-refractivity contribution in [3.8, 4) is 0 Å². The van der Waals surface area contributed by atoms with Crippen LogP contribution in [0.1, 0.15) is 142 Å². The Kier molecular flexibility index (Phi) is 26.6. The van der Waals surface area contributed by atoms with Crippen LogP contribution in [0.5, 0.6) is 0 Å². The molecule has 0 saturated heterocycles. The van der Waals surface area contributed by atoms with Crippen LogP contribution in [0, 0.1) is 0 Å². The van der Waals surface area contributed by atoms with Crippen molar-refractivity contribution in [1.29, 1.82) is 0 Å². The minimum absolute atomic E-state index is 0. The average molecular weight is 473 g/mol. The first-order valence-electron chi connectivity index (χ1n) is 12.6. The second-order valence-electron chi connectivity index (χ2n) is 8.83. The van der Waals surface area contributed by atoms with E-state index in [0.29, 0.717) is 12.8 Å². The summed E-state index contributed by atoms with van der Waals surface area (Å²) in [5.74, 6) is 0. The molecule has 30 heavy (non-hydrogen) atoms.